The number of thiazole rings is 1. The zero-order valence-electron chi connectivity index (χ0n) is 16.6. The Labute approximate surface area is 169 Å². The Morgan fingerprint density at radius 3 is 2.54 bits per heavy atom. The molecule has 7 heteroatoms. The normalized spacial score (nSPS) is 20.0. The smallest absolute Gasteiger partial charge is 0.264 e. The number of hydrogen-bond acceptors (Lipinski definition) is 6. The van der Waals surface area contributed by atoms with Crippen LogP contribution in [0.25, 0.3) is 0 Å². The van der Waals surface area contributed by atoms with E-state index in [0.717, 1.165) is 25.3 Å². The van der Waals surface area contributed by atoms with E-state index in [1.807, 2.05) is 5.38 Å². The van der Waals surface area contributed by atoms with E-state index in [1.165, 1.54) is 24.7 Å². The molecule has 28 heavy (non-hydrogen) atoms. The molecule has 2 aromatic rings. The van der Waals surface area contributed by atoms with Gasteiger partial charge in [-0.2, -0.15) is 0 Å². The molecule has 6 nitrogen and oxygen atoms in total. The van der Waals surface area contributed by atoms with Crippen molar-refractivity contribution in [2.45, 2.75) is 33.7 Å². The van der Waals surface area contributed by atoms with E-state index in [2.05, 4.69) is 29.0 Å². The molecule has 3 rings (SSSR count). The highest BCUT2D eigenvalue weighted by atomic mass is 32.1. The highest BCUT2D eigenvalue weighted by Gasteiger charge is 2.22. The van der Waals surface area contributed by atoms with Crippen LogP contribution in [-0.2, 0) is 11.3 Å². The number of aromatic nitrogens is 1. The van der Waals surface area contributed by atoms with Crippen molar-refractivity contribution < 1.29 is 14.3 Å². The third-order valence-corrected chi connectivity index (χ3v) is 5.57. The largest absolute Gasteiger partial charge is 0.484 e. The van der Waals surface area contributed by atoms with Crippen molar-refractivity contribution in [3.05, 3.63) is 40.9 Å². The Morgan fingerprint density at radius 1 is 1.21 bits per heavy atom. The van der Waals surface area contributed by atoms with Gasteiger partial charge in [-0.15, -0.1) is 11.3 Å². The molecule has 1 aliphatic heterocycles. The first kappa shape index (κ1) is 20.5. The Bertz CT molecular complexity index is 809. The summed E-state index contributed by atoms with van der Waals surface area (Å²) in [6.07, 6.45) is 1.28. The number of hydrogen-bond donors (Lipinski definition) is 1. The molecule has 1 aromatic heterocycles. The lowest BCUT2D eigenvalue weighted by molar-refractivity contribution is -0.118. The van der Waals surface area contributed by atoms with Gasteiger partial charge in [-0.25, -0.2) is 4.98 Å². The van der Waals surface area contributed by atoms with Gasteiger partial charge in [0.25, 0.3) is 5.91 Å². The van der Waals surface area contributed by atoms with Gasteiger partial charge in [0.1, 0.15) is 5.75 Å². The minimum absolute atomic E-state index is 0.00247. The third kappa shape index (κ3) is 5.87. The number of anilines is 1. The van der Waals surface area contributed by atoms with E-state index in [4.69, 9.17) is 4.74 Å². The van der Waals surface area contributed by atoms with Crippen LogP contribution >= 0.6 is 11.3 Å². The van der Waals surface area contributed by atoms with Crippen molar-refractivity contribution in [1.29, 1.82) is 0 Å². The molecule has 2 atom stereocenters. The Morgan fingerprint density at radius 2 is 1.89 bits per heavy atom. The van der Waals surface area contributed by atoms with Gasteiger partial charge < -0.3 is 4.74 Å². The van der Waals surface area contributed by atoms with Crippen molar-refractivity contribution in [1.82, 2.24) is 9.88 Å². The number of carbonyl (C=O) groups excluding carboxylic acids is 2. The molecule has 1 amide bonds. The molecule has 0 bridgehead atoms. The first-order chi connectivity index (χ1) is 13.4. The minimum atomic E-state index is -0.253. The number of amides is 1. The summed E-state index contributed by atoms with van der Waals surface area (Å²) < 4.78 is 5.47. The van der Waals surface area contributed by atoms with E-state index in [9.17, 15) is 9.59 Å². The zero-order valence-corrected chi connectivity index (χ0v) is 17.4. The van der Waals surface area contributed by atoms with Crippen LogP contribution in [0.5, 0.6) is 5.75 Å². The van der Waals surface area contributed by atoms with Gasteiger partial charge >= 0.3 is 0 Å². The van der Waals surface area contributed by atoms with Crippen LogP contribution in [0.4, 0.5) is 5.13 Å². The van der Waals surface area contributed by atoms with Crippen molar-refractivity contribution in [2.24, 2.45) is 11.8 Å². The number of ether oxygens (including phenoxy) is 1. The van der Waals surface area contributed by atoms with Crippen LogP contribution in [-0.4, -0.2) is 41.3 Å². The maximum atomic E-state index is 12.1. The quantitative estimate of drug-likeness (QED) is 0.714. The van der Waals surface area contributed by atoms with E-state index in [-0.39, 0.29) is 18.3 Å². The molecular formula is C21H27N3O3S. The van der Waals surface area contributed by atoms with Crippen LogP contribution in [0, 0.1) is 11.8 Å². The predicted octanol–water partition coefficient (Wildman–Crippen LogP) is 3.84. The topological polar surface area (TPSA) is 71.5 Å². The highest BCUT2D eigenvalue weighted by molar-refractivity contribution is 7.13. The summed E-state index contributed by atoms with van der Waals surface area (Å²) in [7, 11) is 0. The molecule has 2 unspecified atom stereocenters. The molecule has 150 valence electrons. The Balaban J connectivity index is 1.46. The maximum absolute atomic E-state index is 12.1. The number of nitrogens with one attached hydrogen (secondary N) is 1. The molecule has 0 aliphatic carbocycles. The molecule has 2 heterocycles. The second-order valence-corrected chi connectivity index (χ2v) is 8.56. The lowest BCUT2D eigenvalue weighted by Gasteiger charge is -2.34. The fraction of sp³-hybridized carbons (Fsp3) is 0.476. The Hall–Kier alpha value is -2.25. The number of likely N-dealkylation sites (tertiary alicyclic amines) is 1. The van der Waals surface area contributed by atoms with Crippen LogP contribution < -0.4 is 10.1 Å². The summed E-state index contributed by atoms with van der Waals surface area (Å²) in [4.78, 5) is 30.4. The second-order valence-electron chi connectivity index (χ2n) is 7.70. The lowest BCUT2D eigenvalue weighted by atomic mass is 9.92. The lowest BCUT2D eigenvalue weighted by Crippen LogP contribution is -2.38. The third-order valence-electron chi connectivity index (χ3n) is 4.76. The van der Waals surface area contributed by atoms with Crippen LogP contribution in [0.3, 0.4) is 0 Å². The highest BCUT2D eigenvalue weighted by Crippen LogP contribution is 2.24. The van der Waals surface area contributed by atoms with Gasteiger partial charge in [0.05, 0.1) is 5.69 Å². The number of nitrogens with zero attached hydrogens (tertiary/aromatic N) is 2. The monoisotopic (exact) mass is 401 g/mol. The summed E-state index contributed by atoms with van der Waals surface area (Å²) in [6, 6.07) is 6.74. The van der Waals surface area contributed by atoms with Crippen molar-refractivity contribution in [3.8, 4) is 5.75 Å². The molecule has 1 aliphatic rings. The maximum Gasteiger partial charge on any atom is 0.264 e. The standard InChI is InChI=1S/C21H27N3O3S/c1-14-8-15(2)10-24(9-14)11-18-13-28-21(22-18)23-20(26)12-27-19-6-4-17(5-7-19)16(3)25/h4-7,13-15H,8-12H2,1-3H3,(H,22,23,26). The van der Waals surface area contributed by atoms with Gasteiger partial charge in [0, 0.05) is 30.6 Å². The van der Waals surface area contributed by atoms with E-state index < -0.39 is 0 Å². The summed E-state index contributed by atoms with van der Waals surface area (Å²) in [5.41, 5.74) is 1.60. The number of Topliss-reactive ketones (excluding diaryl/α,β-unsaturated/α-hetero) is 1. The number of ketones is 1. The fourth-order valence-corrected chi connectivity index (χ4v) is 4.39. The number of rotatable bonds is 7. The van der Waals surface area contributed by atoms with E-state index >= 15 is 0 Å². The average molecular weight is 402 g/mol. The molecule has 1 aromatic carbocycles. The predicted molar refractivity (Wildman–Crippen MR) is 111 cm³/mol. The molecule has 0 radical (unpaired) electrons. The van der Waals surface area contributed by atoms with Gasteiger partial charge in [-0.3, -0.25) is 19.8 Å². The van der Waals surface area contributed by atoms with Gasteiger partial charge in [-0.05, 0) is 49.4 Å². The molecule has 1 N–H and O–H groups in total. The van der Waals surface area contributed by atoms with Crippen LogP contribution in [0.1, 0.15) is 43.2 Å². The molecular weight excluding hydrogens is 374 g/mol. The fourth-order valence-electron chi connectivity index (χ4n) is 3.68. The molecule has 1 saturated heterocycles. The number of benzene rings is 1. The second kappa shape index (κ2) is 9.30. The van der Waals surface area contributed by atoms with Crippen LogP contribution in [0.2, 0.25) is 0 Å². The molecule has 0 saturated carbocycles. The summed E-state index contributed by atoms with van der Waals surface area (Å²) in [5.74, 6) is 1.72. The van der Waals surface area contributed by atoms with Gasteiger partial charge in [0.15, 0.2) is 17.5 Å². The molecule has 0 spiro atoms. The minimum Gasteiger partial charge on any atom is -0.484 e. The number of carbonyl (C=O) groups is 2. The molecule has 1 fully saturated rings. The van der Waals surface area contributed by atoms with Crippen LogP contribution in [0.15, 0.2) is 29.6 Å². The SMILES string of the molecule is CC(=O)c1ccc(OCC(=O)Nc2nc(CN3CC(C)CC(C)C3)cs2)cc1. The van der Waals surface area contributed by atoms with E-state index in [0.29, 0.717) is 28.3 Å². The summed E-state index contributed by atoms with van der Waals surface area (Å²) in [6.45, 7) is 9.01. The first-order valence-electron chi connectivity index (χ1n) is 9.59. The zero-order chi connectivity index (χ0) is 20.1. The first-order valence-corrected chi connectivity index (χ1v) is 10.5. The summed E-state index contributed by atoms with van der Waals surface area (Å²) in [5, 5.41) is 5.38. The average Bonchev–Trinajstić information content (AvgIpc) is 3.06. The van der Waals surface area contributed by atoms with Crippen molar-refractivity contribution >= 4 is 28.2 Å². The van der Waals surface area contributed by atoms with Gasteiger partial charge in [-0.1, -0.05) is 13.8 Å². The summed E-state index contributed by atoms with van der Waals surface area (Å²) >= 11 is 1.43. The van der Waals surface area contributed by atoms with Crippen molar-refractivity contribution in [2.75, 3.05) is 25.0 Å². The van der Waals surface area contributed by atoms with E-state index in [1.54, 1.807) is 24.3 Å². The number of piperidine rings is 1. The van der Waals surface area contributed by atoms with Gasteiger partial charge in [0.2, 0.25) is 0 Å². The Kier molecular flexibility index (Phi) is 6.80. The van der Waals surface area contributed by atoms with Crippen molar-refractivity contribution in [3.63, 3.8) is 0 Å².